The first kappa shape index (κ1) is 25.5. The van der Waals surface area contributed by atoms with Gasteiger partial charge in [-0.1, -0.05) is 48.2 Å². The van der Waals surface area contributed by atoms with E-state index in [2.05, 4.69) is 17.4 Å². The second kappa shape index (κ2) is 10.7. The van der Waals surface area contributed by atoms with Gasteiger partial charge in [0.2, 0.25) is 5.91 Å². The molecule has 3 heterocycles. The topological polar surface area (TPSA) is 82.5 Å². The third kappa shape index (κ3) is 5.74. The zero-order chi connectivity index (χ0) is 26.0. The molecule has 0 saturated heterocycles. The van der Waals surface area contributed by atoms with Crippen LogP contribution < -0.4 is 15.6 Å². The summed E-state index contributed by atoms with van der Waals surface area (Å²) in [5.41, 5.74) is 2.47. The molecule has 1 amide bonds. The number of carbonyl (C=O) groups excluding carboxylic acids is 1. The van der Waals surface area contributed by atoms with E-state index in [4.69, 9.17) is 14.5 Å². The number of anilines is 1. The van der Waals surface area contributed by atoms with Gasteiger partial charge in [0.05, 0.1) is 30.5 Å². The number of fused-ring (bicyclic) bond motifs is 3. The average Bonchev–Trinajstić information content (AvgIpc) is 3.24. The minimum Gasteiger partial charge on any atom is -0.497 e. The predicted octanol–water partition coefficient (Wildman–Crippen LogP) is 5.29. The lowest BCUT2D eigenvalue weighted by Crippen LogP contribution is -2.32. The van der Waals surface area contributed by atoms with Crippen LogP contribution in [0.15, 0.2) is 64.5 Å². The molecule has 0 unspecified atom stereocenters. The number of amides is 1. The van der Waals surface area contributed by atoms with E-state index in [9.17, 15) is 9.59 Å². The van der Waals surface area contributed by atoms with Gasteiger partial charge in [0.15, 0.2) is 5.16 Å². The van der Waals surface area contributed by atoms with Crippen LogP contribution in [0.25, 0.3) is 10.2 Å². The Morgan fingerprint density at radius 1 is 1.22 bits per heavy atom. The normalized spacial score (nSPS) is 14.4. The zero-order valence-corrected chi connectivity index (χ0v) is 22.7. The summed E-state index contributed by atoms with van der Waals surface area (Å²) >= 11 is 2.79. The zero-order valence-electron chi connectivity index (χ0n) is 21.1. The number of rotatable bonds is 8. The first-order chi connectivity index (χ1) is 17.8. The van der Waals surface area contributed by atoms with E-state index in [1.54, 1.807) is 17.7 Å². The highest BCUT2D eigenvalue weighted by Gasteiger charge is 2.31. The molecule has 9 heteroatoms. The van der Waals surface area contributed by atoms with Crippen molar-refractivity contribution in [2.24, 2.45) is 0 Å². The van der Waals surface area contributed by atoms with Crippen molar-refractivity contribution in [1.82, 2.24) is 9.55 Å². The molecule has 37 heavy (non-hydrogen) atoms. The molecule has 0 atom stereocenters. The van der Waals surface area contributed by atoms with Crippen molar-refractivity contribution < 1.29 is 14.3 Å². The van der Waals surface area contributed by atoms with Crippen molar-refractivity contribution in [1.29, 1.82) is 0 Å². The van der Waals surface area contributed by atoms with Gasteiger partial charge in [-0.15, -0.1) is 11.3 Å². The summed E-state index contributed by atoms with van der Waals surface area (Å²) in [5, 5.41) is 4.13. The molecule has 2 aromatic carbocycles. The lowest BCUT2D eigenvalue weighted by atomic mass is 9.94. The van der Waals surface area contributed by atoms with Gasteiger partial charge in [-0.2, -0.15) is 0 Å². The largest absolute Gasteiger partial charge is 0.497 e. The molecule has 7 nitrogen and oxygen atoms in total. The molecule has 4 aromatic rings. The summed E-state index contributed by atoms with van der Waals surface area (Å²) in [4.78, 5) is 33.3. The molecule has 0 aliphatic carbocycles. The Morgan fingerprint density at radius 2 is 2.03 bits per heavy atom. The number of carbonyl (C=O) groups is 1. The number of thiophene rings is 1. The van der Waals surface area contributed by atoms with Crippen LogP contribution >= 0.6 is 23.1 Å². The number of hydrogen-bond donors (Lipinski definition) is 1. The van der Waals surface area contributed by atoms with Crippen LogP contribution in [0.4, 0.5) is 5.69 Å². The standard InChI is InChI=1S/C28H29N3O4S2/c1-28(2)15-21-22(16-35-28)37-25-24(21)26(33)31(13-12-18-8-5-4-6-9-18)27(30-25)36-17-23(32)29-19-10-7-11-20(14-19)34-3/h4-11,14H,12-13,15-17H2,1-3H3,(H,29,32). The van der Waals surface area contributed by atoms with E-state index in [0.717, 1.165) is 16.0 Å². The highest BCUT2D eigenvalue weighted by Crippen LogP contribution is 2.37. The van der Waals surface area contributed by atoms with Crippen LogP contribution in [-0.4, -0.2) is 33.9 Å². The van der Waals surface area contributed by atoms with E-state index >= 15 is 0 Å². The third-order valence-corrected chi connectivity index (χ3v) is 8.38. The molecule has 1 aliphatic rings. The number of nitrogens with one attached hydrogen (secondary N) is 1. The number of hydrogen-bond acceptors (Lipinski definition) is 7. The number of benzene rings is 2. The van der Waals surface area contributed by atoms with Gasteiger partial charge in [-0.05, 0) is 43.5 Å². The van der Waals surface area contributed by atoms with Gasteiger partial charge >= 0.3 is 0 Å². The van der Waals surface area contributed by atoms with E-state index in [1.165, 1.54) is 23.1 Å². The quantitative estimate of drug-likeness (QED) is 0.244. The second-order valence-corrected chi connectivity index (χ2v) is 11.6. The fraction of sp³-hybridized carbons (Fsp3) is 0.321. The minimum atomic E-state index is -0.325. The lowest BCUT2D eigenvalue weighted by Gasteiger charge is -2.29. The van der Waals surface area contributed by atoms with Crippen molar-refractivity contribution in [3.05, 3.63) is 81.0 Å². The second-order valence-electron chi connectivity index (χ2n) is 9.56. The number of ether oxygens (including phenoxy) is 2. The molecular weight excluding hydrogens is 506 g/mol. The molecule has 0 saturated carbocycles. The van der Waals surface area contributed by atoms with Crippen LogP contribution in [0.1, 0.15) is 29.9 Å². The summed E-state index contributed by atoms with van der Waals surface area (Å²) in [6.45, 7) is 5.06. The Hall–Kier alpha value is -3.14. The first-order valence-corrected chi connectivity index (χ1v) is 13.9. The molecule has 0 fully saturated rings. The predicted molar refractivity (Wildman–Crippen MR) is 149 cm³/mol. The van der Waals surface area contributed by atoms with Gasteiger partial charge in [0.1, 0.15) is 10.6 Å². The van der Waals surface area contributed by atoms with Crippen LogP contribution in [0.5, 0.6) is 5.75 Å². The van der Waals surface area contributed by atoms with E-state index < -0.39 is 0 Å². The average molecular weight is 536 g/mol. The first-order valence-electron chi connectivity index (χ1n) is 12.1. The Balaban J connectivity index is 1.44. The Kier molecular flexibility index (Phi) is 7.37. The highest BCUT2D eigenvalue weighted by atomic mass is 32.2. The smallest absolute Gasteiger partial charge is 0.263 e. The maximum atomic E-state index is 13.9. The van der Waals surface area contributed by atoms with Crippen molar-refractivity contribution in [3.8, 4) is 5.75 Å². The lowest BCUT2D eigenvalue weighted by molar-refractivity contribution is -0.113. The van der Waals surface area contributed by atoms with Crippen LogP contribution in [0.3, 0.4) is 0 Å². The number of aromatic nitrogens is 2. The molecule has 5 rings (SSSR count). The van der Waals surface area contributed by atoms with Gasteiger partial charge in [0.25, 0.3) is 5.56 Å². The Bertz CT molecular complexity index is 1490. The van der Waals surface area contributed by atoms with Crippen molar-refractivity contribution in [3.63, 3.8) is 0 Å². The Labute approximate surface area is 223 Å². The fourth-order valence-electron chi connectivity index (χ4n) is 4.43. The van der Waals surface area contributed by atoms with Crippen LogP contribution in [0.2, 0.25) is 0 Å². The number of methoxy groups -OCH3 is 1. The molecule has 1 N–H and O–H groups in total. The van der Waals surface area contributed by atoms with Crippen LogP contribution in [0, 0.1) is 0 Å². The summed E-state index contributed by atoms with van der Waals surface area (Å²) in [5.74, 6) is 0.617. The van der Waals surface area contributed by atoms with Crippen molar-refractivity contribution in [2.75, 3.05) is 18.2 Å². The summed E-state index contributed by atoms with van der Waals surface area (Å²) in [6, 6.07) is 17.3. The summed E-state index contributed by atoms with van der Waals surface area (Å²) in [7, 11) is 1.59. The van der Waals surface area contributed by atoms with E-state index in [1.807, 2.05) is 50.2 Å². The maximum Gasteiger partial charge on any atom is 0.263 e. The van der Waals surface area contributed by atoms with E-state index in [-0.39, 0.29) is 22.8 Å². The highest BCUT2D eigenvalue weighted by molar-refractivity contribution is 7.99. The van der Waals surface area contributed by atoms with Gasteiger partial charge in [0, 0.05) is 29.6 Å². The number of thioether (sulfide) groups is 1. The number of aryl methyl sites for hydroxylation is 1. The maximum absolute atomic E-state index is 13.9. The summed E-state index contributed by atoms with van der Waals surface area (Å²) < 4.78 is 13.0. The van der Waals surface area contributed by atoms with Gasteiger partial charge < -0.3 is 14.8 Å². The fourth-order valence-corrected chi connectivity index (χ4v) is 6.40. The summed E-state index contributed by atoms with van der Waals surface area (Å²) in [6.07, 6.45) is 1.37. The monoisotopic (exact) mass is 535 g/mol. The SMILES string of the molecule is COc1cccc(NC(=O)CSc2nc3sc4c(c3c(=O)n2CCc2ccccc2)CC(C)(C)OC4)c1. The van der Waals surface area contributed by atoms with Crippen LogP contribution in [-0.2, 0) is 35.5 Å². The van der Waals surface area contributed by atoms with Gasteiger partial charge in [-0.25, -0.2) is 4.98 Å². The molecule has 0 spiro atoms. The minimum absolute atomic E-state index is 0.0492. The number of nitrogens with zero attached hydrogens (tertiary/aromatic N) is 2. The molecule has 1 aliphatic heterocycles. The molecule has 0 radical (unpaired) electrons. The molecule has 2 aromatic heterocycles. The molecule has 0 bridgehead atoms. The Morgan fingerprint density at radius 3 is 2.81 bits per heavy atom. The van der Waals surface area contributed by atoms with Crippen molar-refractivity contribution in [2.45, 2.75) is 50.6 Å². The third-order valence-electron chi connectivity index (χ3n) is 6.31. The van der Waals surface area contributed by atoms with Gasteiger partial charge in [-0.3, -0.25) is 14.2 Å². The molecule has 192 valence electrons. The van der Waals surface area contributed by atoms with E-state index in [0.29, 0.717) is 52.8 Å². The van der Waals surface area contributed by atoms with Crippen molar-refractivity contribution >= 4 is 44.9 Å². The molecular formula is C28H29N3O4S2.